The van der Waals surface area contributed by atoms with Crippen LogP contribution in [0, 0.1) is 0 Å². The first kappa shape index (κ1) is 18.1. The largest absolute Gasteiger partial charge is 0.467 e. The maximum atomic E-state index is 11.8. The summed E-state index contributed by atoms with van der Waals surface area (Å²) in [6, 6.07) is 7.95. The highest BCUT2D eigenvalue weighted by Crippen LogP contribution is 2.08. The standard InChI is InChI=1S/C17H24N4O2S/c1-20(2)16(22)12-19-17(18-9-8-15-7-5-11-24-15)21(3)13-14-6-4-10-23-14/h4-7,10-11H,8-9,12-13H2,1-3H3,(H,18,19). The van der Waals surface area contributed by atoms with E-state index in [2.05, 4.69) is 21.8 Å². The van der Waals surface area contributed by atoms with Crippen LogP contribution in [0.1, 0.15) is 10.6 Å². The monoisotopic (exact) mass is 348 g/mol. The predicted octanol–water partition coefficient (Wildman–Crippen LogP) is 2.05. The van der Waals surface area contributed by atoms with Crippen molar-refractivity contribution in [3.8, 4) is 0 Å². The number of rotatable bonds is 7. The number of aliphatic imine (C=N–C) groups is 1. The highest BCUT2D eigenvalue weighted by molar-refractivity contribution is 7.09. The Morgan fingerprint density at radius 1 is 1.29 bits per heavy atom. The molecule has 0 spiro atoms. The molecule has 0 unspecified atom stereocenters. The van der Waals surface area contributed by atoms with Gasteiger partial charge in [0, 0.05) is 32.6 Å². The quantitative estimate of drug-likeness (QED) is 0.614. The smallest absolute Gasteiger partial charge is 0.243 e. The van der Waals surface area contributed by atoms with Gasteiger partial charge in [-0.1, -0.05) is 6.07 Å². The van der Waals surface area contributed by atoms with E-state index < -0.39 is 0 Å². The second kappa shape index (κ2) is 9.12. The van der Waals surface area contributed by atoms with Gasteiger partial charge in [0.2, 0.25) is 5.91 Å². The van der Waals surface area contributed by atoms with Gasteiger partial charge in [-0.25, -0.2) is 4.99 Å². The van der Waals surface area contributed by atoms with Gasteiger partial charge >= 0.3 is 0 Å². The van der Waals surface area contributed by atoms with E-state index in [1.807, 2.05) is 30.1 Å². The molecular weight excluding hydrogens is 324 g/mol. The Morgan fingerprint density at radius 3 is 2.75 bits per heavy atom. The van der Waals surface area contributed by atoms with E-state index in [9.17, 15) is 4.79 Å². The molecule has 1 N–H and O–H groups in total. The van der Waals surface area contributed by atoms with Crippen LogP contribution >= 0.6 is 11.3 Å². The first-order valence-corrected chi connectivity index (χ1v) is 8.68. The van der Waals surface area contributed by atoms with E-state index in [1.54, 1.807) is 36.6 Å². The van der Waals surface area contributed by atoms with E-state index in [-0.39, 0.29) is 12.5 Å². The zero-order valence-electron chi connectivity index (χ0n) is 14.4. The number of carbonyl (C=O) groups excluding carboxylic acids is 1. The number of thiophene rings is 1. The predicted molar refractivity (Wildman–Crippen MR) is 97.2 cm³/mol. The highest BCUT2D eigenvalue weighted by atomic mass is 32.1. The number of likely N-dealkylation sites (N-methyl/N-ethyl adjacent to an activating group) is 1. The number of furan rings is 1. The van der Waals surface area contributed by atoms with Crippen molar-refractivity contribution in [2.45, 2.75) is 13.0 Å². The van der Waals surface area contributed by atoms with Crippen LogP contribution in [0.3, 0.4) is 0 Å². The molecule has 6 nitrogen and oxygen atoms in total. The Bertz CT molecular complexity index is 636. The van der Waals surface area contributed by atoms with E-state index in [4.69, 9.17) is 4.42 Å². The molecule has 0 aliphatic rings. The van der Waals surface area contributed by atoms with E-state index in [0.717, 1.165) is 18.7 Å². The van der Waals surface area contributed by atoms with Crippen LogP contribution < -0.4 is 5.32 Å². The average molecular weight is 348 g/mol. The molecule has 2 heterocycles. The van der Waals surface area contributed by atoms with Crippen LogP contribution in [0.5, 0.6) is 0 Å². The van der Waals surface area contributed by atoms with Crippen molar-refractivity contribution in [3.63, 3.8) is 0 Å². The van der Waals surface area contributed by atoms with Crippen molar-refractivity contribution in [2.75, 3.05) is 34.2 Å². The van der Waals surface area contributed by atoms with Crippen LogP contribution in [0.25, 0.3) is 0 Å². The summed E-state index contributed by atoms with van der Waals surface area (Å²) in [4.78, 5) is 21.1. The number of amides is 1. The third-order valence-electron chi connectivity index (χ3n) is 3.43. The molecule has 0 aliphatic carbocycles. The van der Waals surface area contributed by atoms with Crippen LogP contribution in [0.4, 0.5) is 0 Å². The molecule has 0 saturated carbocycles. The van der Waals surface area contributed by atoms with E-state index in [1.165, 1.54) is 4.88 Å². The number of nitrogens with zero attached hydrogens (tertiary/aromatic N) is 3. The summed E-state index contributed by atoms with van der Waals surface area (Å²) in [5.41, 5.74) is 0. The van der Waals surface area contributed by atoms with Gasteiger partial charge in [0.15, 0.2) is 5.96 Å². The molecule has 7 heteroatoms. The molecule has 0 bridgehead atoms. The Hall–Kier alpha value is -2.28. The minimum atomic E-state index is -0.0287. The SMILES string of the molecule is CN(C)C(=O)CN=C(NCCc1cccs1)N(C)Cc1ccco1. The summed E-state index contributed by atoms with van der Waals surface area (Å²) in [5.74, 6) is 1.52. The van der Waals surface area contributed by atoms with E-state index in [0.29, 0.717) is 12.5 Å². The van der Waals surface area contributed by atoms with Gasteiger partial charge in [-0.05, 0) is 30.0 Å². The lowest BCUT2D eigenvalue weighted by atomic mass is 10.3. The molecule has 2 aromatic rings. The normalized spacial score (nSPS) is 11.4. The lowest BCUT2D eigenvalue weighted by Crippen LogP contribution is -2.40. The lowest BCUT2D eigenvalue weighted by molar-refractivity contribution is -0.127. The molecule has 0 radical (unpaired) electrons. The summed E-state index contributed by atoms with van der Waals surface area (Å²) in [6.07, 6.45) is 2.58. The fraction of sp³-hybridized carbons (Fsp3) is 0.412. The lowest BCUT2D eigenvalue weighted by Gasteiger charge is -2.21. The maximum Gasteiger partial charge on any atom is 0.243 e. The molecule has 130 valence electrons. The fourth-order valence-corrected chi connectivity index (χ4v) is 2.77. The van der Waals surface area contributed by atoms with Crippen molar-refractivity contribution in [3.05, 3.63) is 46.5 Å². The van der Waals surface area contributed by atoms with Crippen molar-refractivity contribution >= 4 is 23.2 Å². The summed E-state index contributed by atoms with van der Waals surface area (Å²) >= 11 is 1.74. The summed E-state index contributed by atoms with van der Waals surface area (Å²) in [7, 11) is 5.39. The number of guanidine groups is 1. The molecule has 0 aromatic carbocycles. The molecule has 2 aromatic heterocycles. The van der Waals surface area contributed by atoms with Gasteiger partial charge in [0.05, 0.1) is 12.8 Å². The first-order valence-electron chi connectivity index (χ1n) is 7.80. The molecule has 0 saturated heterocycles. The number of hydrogen-bond acceptors (Lipinski definition) is 4. The first-order chi connectivity index (χ1) is 11.6. The second-order valence-electron chi connectivity index (χ2n) is 5.62. The Balaban J connectivity index is 1.96. The van der Waals surface area contributed by atoms with Gasteiger partial charge in [0.25, 0.3) is 0 Å². The zero-order chi connectivity index (χ0) is 17.4. The molecule has 0 fully saturated rings. The van der Waals surface area contributed by atoms with Crippen molar-refractivity contribution in [2.24, 2.45) is 4.99 Å². The van der Waals surface area contributed by atoms with Crippen molar-refractivity contribution < 1.29 is 9.21 Å². The Morgan fingerprint density at radius 2 is 2.12 bits per heavy atom. The summed E-state index contributed by atoms with van der Waals surface area (Å²) in [5, 5.41) is 5.41. The van der Waals surface area contributed by atoms with Gasteiger partial charge in [0.1, 0.15) is 12.3 Å². The van der Waals surface area contributed by atoms with E-state index >= 15 is 0 Å². The van der Waals surface area contributed by atoms with Gasteiger partial charge in [-0.3, -0.25) is 4.79 Å². The highest BCUT2D eigenvalue weighted by Gasteiger charge is 2.10. The van der Waals surface area contributed by atoms with Gasteiger partial charge < -0.3 is 19.5 Å². The molecule has 2 rings (SSSR count). The molecule has 0 atom stereocenters. The number of hydrogen-bond donors (Lipinski definition) is 1. The fourth-order valence-electron chi connectivity index (χ4n) is 2.06. The second-order valence-corrected chi connectivity index (χ2v) is 6.65. The van der Waals surface area contributed by atoms with Crippen LogP contribution in [-0.4, -0.2) is 55.9 Å². The topological polar surface area (TPSA) is 61.1 Å². The minimum absolute atomic E-state index is 0.0287. The van der Waals surface area contributed by atoms with Crippen molar-refractivity contribution in [1.29, 1.82) is 0 Å². The van der Waals surface area contributed by atoms with Crippen molar-refractivity contribution in [1.82, 2.24) is 15.1 Å². The number of carbonyl (C=O) groups is 1. The van der Waals surface area contributed by atoms with Crippen LogP contribution in [-0.2, 0) is 17.8 Å². The molecule has 24 heavy (non-hydrogen) atoms. The number of nitrogens with one attached hydrogen (secondary N) is 1. The molecule has 0 aliphatic heterocycles. The molecular formula is C17H24N4O2S. The molecule has 1 amide bonds. The third-order valence-corrected chi connectivity index (χ3v) is 4.37. The van der Waals surface area contributed by atoms with Crippen LogP contribution in [0.2, 0.25) is 0 Å². The maximum absolute atomic E-state index is 11.8. The van der Waals surface area contributed by atoms with Gasteiger partial charge in [-0.15, -0.1) is 11.3 Å². The van der Waals surface area contributed by atoms with Crippen LogP contribution in [0.15, 0.2) is 45.3 Å². The zero-order valence-corrected chi connectivity index (χ0v) is 15.2. The third kappa shape index (κ3) is 5.73. The summed E-state index contributed by atoms with van der Waals surface area (Å²) in [6.45, 7) is 1.48. The summed E-state index contributed by atoms with van der Waals surface area (Å²) < 4.78 is 5.38. The van der Waals surface area contributed by atoms with Gasteiger partial charge in [-0.2, -0.15) is 0 Å². The Labute approximate surface area is 146 Å². The minimum Gasteiger partial charge on any atom is -0.467 e. The Kier molecular flexibility index (Phi) is 6.87. The average Bonchev–Trinajstić information content (AvgIpc) is 3.23.